The van der Waals surface area contributed by atoms with E-state index in [0.29, 0.717) is 0 Å². The van der Waals surface area contributed by atoms with Crippen LogP contribution in [0.15, 0.2) is 0 Å². The minimum absolute atomic E-state index is 0.687. The third-order valence-corrected chi connectivity index (χ3v) is 1.47. The van der Waals surface area contributed by atoms with Crippen LogP contribution in [0.3, 0.4) is 0 Å². The van der Waals surface area contributed by atoms with E-state index < -0.39 is 29.0 Å². The van der Waals surface area contributed by atoms with Gasteiger partial charge in [0.2, 0.25) is 0 Å². The molecule has 0 aromatic carbocycles. The summed E-state index contributed by atoms with van der Waals surface area (Å²) in [5, 5.41) is 10.4. The molecule has 0 saturated heterocycles. The Morgan fingerprint density at radius 1 is 1.43 bits per heavy atom. The molecule has 0 radical (unpaired) electrons. The number of methoxy groups -OCH3 is 1. The van der Waals surface area contributed by atoms with E-state index in [1.165, 1.54) is 6.92 Å². The maximum atomic E-state index is 10.9. The van der Waals surface area contributed by atoms with Crippen LogP contribution in [0.25, 0.3) is 0 Å². The van der Waals surface area contributed by atoms with Crippen LogP contribution in [-0.2, 0) is 19.1 Å². The Balaban J connectivity index is 4.57. The number of nitrogens with zero attached hydrogens (tertiary/aromatic N) is 1. The van der Waals surface area contributed by atoms with Crippen LogP contribution in [0.4, 0.5) is 0 Å². The van der Waals surface area contributed by atoms with Crippen molar-refractivity contribution in [1.82, 2.24) is 0 Å². The van der Waals surface area contributed by atoms with E-state index in [9.17, 15) is 19.7 Å². The number of carbonyl (C=O) groups is 2. The summed E-state index contributed by atoms with van der Waals surface area (Å²) in [7, 11) is 1.03. The van der Waals surface area contributed by atoms with Crippen molar-refractivity contribution in [2.24, 2.45) is 0 Å². The van der Waals surface area contributed by atoms with Gasteiger partial charge in [-0.2, -0.15) is 0 Å². The molecule has 0 bridgehead atoms. The van der Waals surface area contributed by atoms with E-state index in [1.807, 2.05) is 0 Å². The molecular weight excluding hydrogens is 194 g/mol. The number of hydrogen-bond donors (Lipinski definition) is 0. The normalized spacial score (nSPS) is 13.9. The summed E-state index contributed by atoms with van der Waals surface area (Å²) >= 11 is 0. The van der Waals surface area contributed by atoms with Crippen molar-refractivity contribution >= 4 is 11.9 Å². The summed E-state index contributed by atoms with van der Waals surface area (Å²) < 4.78 is 8.72. The van der Waals surface area contributed by atoms with Gasteiger partial charge >= 0.3 is 18.0 Å². The molecule has 14 heavy (non-hydrogen) atoms. The van der Waals surface area contributed by atoms with Gasteiger partial charge in [-0.1, -0.05) is 0 Å². The Hall–Kier alpha value is -1.66. The number of rotatable bonds is 4. The number of carbonyl (C=O) groups excluding carboxylic acids is 2. The van der Waals surface area contributed by atoms with Gasteiger partial charge in [0.05, 0.1) is 7.11 Å². The lowest BCUT2D eigenvalue weighted by atomic mass is 10.2. The molecule has 0 spiro atoms. The van der Waals surface area contributed by atoms with Crippen LogP contribution < -0.4 is 0 Å². The molecule has 7 nitrogen and oxygen atoms in total. The van der Waals surface area contributed by atoms with E-state index in [0.717, 1.165) is 14.0 Å². The maximum Gasteiger partial charge on any atom is 0.385 e. The minimum Gasteiger partial charge on any atom is -0.464 e. The monoisotopic (exact) mass is 205 g/mol. The zero-order chi connectivity index (χ0) is 11.3. The third-order valence-electron chi connectivity index (χ3n) is 1.47. The van der Waals surface area contributed by atoms with Gasteiger partial charge in [-0.3, -0.25) is 14.9 Å². The molecule has 0 rings (SSSR count). The first-order chi connectivity index (χ1) is 6.40. The predicted molar refractivity (Wildman–Crippen MR) is 44.0 cm³/mol. The van der Waals surface area contributed by atoms with Gasteiger partial charge in [0, 0.05) is 11.8 Å². The molecule has 0 aromatic heterocycles. The Labute approximate surface area is 80.1 Å². The van der Waals surface area contributed by atoms with Gasteiger partial charge < -0.3 is 9.47 Å². The first-order valence-electron chi connectivity index (χ1n) is 3.78. The number of hydrogen-bond acceptors (Lipinski definition) is 6. The molecule has 0 aliphatic rings. The van der Waals surface area contributed by atoms with Crippen LogP contribution >= 0.6 is 0 Å². The zero-order valence-corrected chi connectivity index (χ0v) is 8.05. The van der Waals surface area contributed by atoms with Crippen molar-refractivity contribution < 1.29 is 24.0 Å². The molecule has 0 N–H and O–H groups in total. The summed E-state index contributed by atoms with van der Waals surface area (Å²) in [6.45, 7) is 2.36. The SMILES string of the molecule is COC(=O)C(C(C)OC(C)=O)[N+](=O)[O-]. The minimum atomic E-state index is -1.68. The molecule has 0 amide bonds. The molecule has 0 heterocycles. The van der Waals surface area contributed by atoms with Crippen LogP contribution in [0, 0.1) is 10.1 Å². The second kappa shape index (κ2) is 5.15. The van der Waals surface area contributed by atoms with Crippen molar-refractivity contribution in [3.8, 4) is 0 Å². The Bertz CT molecular complexity index is 251. The molecule has 0 saturated carbocycles. The summed E-state index contributed by atoms with van der Waals surface area (Å²) in [6, 6.07) is -1.68. The Morgan fingerprint density at radius 2 is 1.93 bits per heavy atom. The Kier molecular flexibility index (Phi) is 4.54. The first kappa shape index (κ1) is 12.3. The molecular formula is C7H11NO6. The van der Waals surface area contributed by atoms with Gasteiger partial charge in [0.15, 0.2) is 6.10 Å². The number of esters is 2. The molecule has 0 aliphatic carbocycles. The zero-order valence-electron chi connectivity index (χ0n) is 8.05. The van der Waals surface area contributed by atoms with Gasteiger partial charge in [0.1, 0.15) is 0 Å². The summed E-state index contributed by atoms with van der Waals surface area (Å²) in [6.07, 6.45) is -1.14. The average molecular weight is 205 g/mol. The second-order valence-electron chi connectivity index (χ2n) is 2.57. The predicted octanol–water partition coefficient (Wildman–Crippen LogP) is -0.244. The molecule has 80 valence electrons. The highest BCUT2D eigenvalue weighted by Crippen LogP contribution is 2.05. The standard InChI is InChI=1S/C7H11NO6/c1-4(14-5(2)9)6(8(11)12)7(10)13-3/h4,6H,1-3H3. The highest BCUT2D eigenvalue weighted by Gasteiger charge is 2.39. The second-order valence-corrected chi connectivity index (χ2v) is 2.57. The topological polar surface area (TPSA) is 95.7 Å². The summed E-state index contributed by atoms with van der Waals surface area (Å²) in [5.41, 5.74) is 0. The fourth-order valence-electron chi connectivity index (χ4n) is 0.896. The maximum absolute atomic E-state index is 10.9. The fourth-order valence-corrected chi connectivity index (χ4v) is 0.896. The molecule has 7 heteroatoms. The van der Waals surface area contributed by atoms with Crippen molar-refractivity contribution in [3.05, 3.63) is 10.1 Å². The smallest absolute Gasteiger partial charge is 0.385 e. The van der Waals surface area contributed by atoms with Crippen molar-refractivity contribution in [2.75, 3.05) is 7.11 Å². The van der Waals surface area contributed by atoms with Gasteiger partial charge in [0.25, 0.3) is 0 Å². The lowest BCUT2D eigenvalue weighted by Crippen LogP contribution is -2.42. The van der Waals surface area contributed by atoms with Crippen LogP contribution in [-0.4, -0.2) is 36.1 Å². The van der Waals surface area contributed by atoms with E-state index >= 15 is 0 Å². The highest BCUT2D eigenvalue weighted by atomic mass is 16.6. The first-order valence-corrected chi connectivity index (χ1v) is 3.78. The molecule has 2 unspecified atom stereocenters. The van der Waals surface area contributed by atoms with Crippen LogP contribution in [0.2, 0.25) is 0 Å². The lowest BCUT2D eigenvalue weighted by Gasteiger charge is -2.14. The van der Waals surface area contributed by atoms with Gasteiger partial charge in [-0.15, -0.1) is 0 Å². The van der Waals surface area contributed by atoms with E-state index in [1.54, 1.807) is 0 Å². The van der Waals surface area contributed by atoms with Gasteiger partial charge in [-0.25, -0.2) is 4.79 Å². The van der Waals surface area contributed by atoms with Crippen molar-refractivity contribution in [2.45, 2.75) is 26.0 Å². The largest absolute Gasteiger partial charge is 0.464 e. The lowest BCUT2D eigenvalue weighted by molar-refractivity contribution is -0.520. The van der Waals surface area contributed by atoms with Crippen LogP contribution in [0.1, 0.15) is 13.8 Å². The van der Waals surface area contributed by atoms with Crippen molar-refractivity contribution in [3.63, 3.8) is 0 Å². The molecule has 0 fully saturated rings. The third kappa shape index (κ3) is 3.38. The summed E-state index contributed by atoms with van der Waals surface area (Å²) in [4.78, 5) is 31.0. The highest BCUT2D eigenvalue weighted by molar-refractivity contribution is 5.75. The Morgan fingerprint density at radius 3 is 2.21 bits per heavy atom. The van der Waals surface area contributed by atoms with E-state index in [-0.39, 0.29) is 0 Å². The number of nitro groups is 1. The summed E-state index contributed by atoms with van der Waals surface area (Å²) in [5.74, 6) is -1.72. The quantitative estimate of drug-likeness (QED) is 0.357. The van der Waals surface area contributed by atoms with E-state index in [2.05, 4.69) is 9.47 Å². The van der Waals surface area contributed by atoms with Crippen LogP contribution in [0.5, 0.6) is 0 Å². The molecule has 2 atom stereocenters. The average Bonchev–Trinajstić information content (AvgIpc) is 2.01. The molecule has 0 aliphatic heterocycles. The van der Waals surface area contributed by atoms with Gasteiger partial charge in [-0.05, 0) is 6.92 Å². The van der Waals surface area contributed by atoms with Crippen molar-refractivity contribution in [1.29, 1.82) is 0 Å². The molecule has 0 aromatic rings. The number of ether oxygens (including phenoxy) is 2. The fraction of sp³-hybridized carbons (Fsp3) is 0.714. The van der Waals surface area contributed by atoms with E-state index in [4.69, 9.17) is 0 Å².